The predicted molar refractivity (Wildman–Crippen MR) is 116 cm³/mol. The summed E-state index contributed by atoms with van der Waals surface area (Å²) in [6.45, 7) is 2.52. The average Bonchev–Trinajstić information content (AvgIpc) is 3.23. The largest absolute Gasteiger partial charge is 0.454 e. The number of fused-ring (bicyclic) bond motifs is 1. The van der Waals surface area contributed by atoms with Crippen LogP contribution >= 0.6 is 0 Å². The van der Waals surface area contributed by atoms with Crippen LogP contribution in [0.25, 0.3) is 0 Å². The quantitative estimate of drug-likeness (QED) is 0.565. The number of benzene rings is 2. The van der Waals surface area contributed by atoms with Crippen LogP contribution in [0, 0.1) is 0 Å². The van der Waals surface area contributed by atoms with Crippen LogP contribution in [0.2, 0.25) is 0 Å². The lowest BCUT2D eigenvalue weighted by atomic mass is 10.1. The Balaban J connectivity index is 1.64. The van der Waals surface area contributed by atoms with Crippen LogP contribution in [0.5, 0.6) is 11.5 Å². The lowest BCUT2D eigenvalue weighted by Gasteiger charge is -2.21. The number of carbonyl (C=O) groups is 2. The van der Waals surface area contributed by atoms with Gasteiger partial charge in [0.2, 0.25) is 12.7 Å². The maximum Gasteiger partial charge on any atom is 0.257 e. The van der Waals surface area contributed by atoms with E-state index in [2.05, 4.69) is 10.6 Å². The maximum absolute atomic E-state index is 12.8. The summed E-state index contributed by atoms with van der Waals surface area (Å²) in [6, 6.07) is 12.0. The van der Waals surface area contributed by atoms with E-state index < -0.39 is 0 Å². The monoisotopic (exact) mass is 429 g/mol. The standard InChI is InChI=1S/C22H27N3O6/c1-28-11-9-25(10-12-29-2)14-21(26)24-18-6-4-3-5-17(18)22(27)23-16-7-8-19-20(13-16)31-15-30-19/h3-8,13H,9-12,14-15H2,1-2H3,(H,23,27)(H,24,26). The van der Waals surface area contributed by atoms with Gasteiger partial charge in [-0.3, -0.25) is 14.5 Å². The van der Waals surface area contributed by atoms with Gasteiger partial charge >= 0.3 is 0 Å². The lowest BCUT2D eigenvalue weighted by Crippen LogP contribution is -2.37. The van der Waals surface area contributed by atoms with E-state index in [-0.39, 0.29) is 25.2 Å². The molecule has 2 aromatic carbocycles. The molecule has 166 valence electrons. The van der Waals surface area contributed by atoms with Crippen molar-refractivity contribution in [2.75, 3.05) is 64.5 Å². The summed E-state index contributed by atoms with van der Waals surface area (Å²) in [5.74, 6) is 0.643. The number of carbonyl (C=O) groups excluding carboxylic acids is 2. The Morgan fingerprint density at radius 3 is 2.42 bits per heavy atom. The molecule has 2 N–H and O–H groups in total. The molecule has 2 amide bonds. The minimum absolute atomic E-state index is 0.158. The molecule has 1 heterocycles. The Kier molecular flexibility index (Phi) is 8.22. The van der Waals surface area contributed by atoms with Gasteiger partial charge in [-0.05, 0) is 24.3 Å². The Morgan fingerprint density at radius 2 is 1.68 bits per heavy atom. The molecular weight excluding hydrogens is 402 g/mol. The molecule has 1 aliphatic rings. The second kappa shape index (κ2) is 11.3. The van der Waals surface area contributed by atoms with Crippen molar-refractivity contribution in [2.45, 2.75) is 0 Å². The smallest absolute Gasteiger partial charge is 0.257 e. The molecule has 0 fully saturated rings. The number of ether oxygens (including phenoxy) is 4. The van der Waals surface area contributed by atoms with Gasteiger partial charge in [-0.2, -0.15) is 0 Å². The number of rotatable bonds is 11. The fourth-order valence-electron chi connectivity index (χ4n) is 3.07. The molecule has 0 aliphatic carbocycles. The number of anilines is 2. The zero-order valence-electron chi connectivity index (χ0n) is 17.7. The van der Waals surface area contributed by atoms with Crippen molar-refractivity contribution in [1.29, 1.82) is 0 Å². The van der Waals surface area contributed by atoms with Crippen molar-refractivity contribution in [3.63, 3.8) is 0 Å². The highest BCUT2D eigenvalue weighted by molar-refractivity contribution is 6.10. The van der Waals surface area contributed by atoms with Gasteiger partial charge in [0.15, 0.2) is 11.5 Å². The molecule has 31 heavy (non-hydrogen) atoms. The highest BCUT2D eigenvalue weighted by Gasteiger charge is 2.18. The minimum atomic E-state index is -0.342. The van der Waals surface area contributed by atoms with Crippen LogP contribution in [0.15, 0.2) is 42.5 Å². The zero-order valence-corrected chi connectivity index (χ0v) is 17.7. The second-order valence-electron chi connectivity index (χ2n) is 6.88. The first-order valence-corrected chi connectivity index (χ1v) is 9.91. The number of nitrogens with one attached hydrogen (secondary N) is 2. The van der Waals surface area contributed by atoms with Crippen molar-refractivity contribution in [1.82, 2.24) is 4.90 Å². The Hall–Kier alpha value is -3.14. The van der Waals surface area contributed by atoms with Crippen LogP contribution < -0.4 is 20.1 Å². The third-order valence-corrected chi connectivity index (χ3v) is 4.67. The number of amides is 2. The molecule has 0 unspecified atom stereocenters. The number of methoxy groups -OCH3 is 2. The molecule has 0 saturated carbocycles. The summed E-state index contributed by atoms with van der Waals surface area (Å²) in [5.41, 5.74) is 1.36. The van der Waals surface area contributed by atoms with E-state index in [1.165, 1.54) is 0 Å². The first-order valence-electron chi connectivity index (χ1n) is 9.91. The molecular formula is C22H27N3O6. The van der Waals surface area contributed by atoms with E-state index in [9.17, 15) is 9.59 Å². The Labute approximate surface area is 181 Å². The second-order valence-corrected chi connectivity index (χ2v) is 6.88. The van der Waals surface area contributed by atoms with Gasteiger partial charge in [0.05, 0.1) is 31.0 Å². The topological polar surface area (TPSA) is 98.4 Å². The fraction of sp³-hybridized carbons (Fsp3) is 0.364. The van der Waals surface area contributed by atoms with Gasteiger partial charge < -0.3 is 29.6 Å². The van der Waals surface area contributed by atoms with Crippen molar-refractivity contribution in [3.05, 3.63) is 48.0 Å². The van der Waals surface area contributed by atoms with E-state index >= 15 is 0 Å². The molecule has 9 nitrogen and oxygen atoms in total. The zero-order chi connectivity index (χ0) is 22.1. The van der Waals surface area contributed by atoms with Crippen LogP contribution in [0.4, 0.5) is 11.4 Å². The molecule has 9 heteroatoms. The van der Waals surface area contributed by atoms with E-state index in [0.29, 0.717) is 54.7 Å². The molecule has 1 aliphatic heterocycles. The SMILES string of the molecule is COCCN(CCOC)CC(=O)Nc1ccccc1C(=O)Nc1ccc2c(c1)OCO2. The van der Waals surface area contributed by atoms with Gasteiger partial charge in [0.1, 0.15) is 0 Å². The summed E-state index contributed by atoms with van der Waals surface area (Å²) in [7, 11) is 3.23. The van der Waals surface area contributed by atoms with Crippen LogP contribution in [-0.4, -0.2) is 70.6 Å². The van der Waals surface area contributed by atoms with Gasteiger partial charge in [-0.1, -0.05) is 12.1 Å². The molecule has 3 rings (SSSR count). The molecule has 0 aromatic heterocycles. The van der Waals surface area contributed by atoms with Gasteiger partial charge in [0, 0.05) is 39.1 Å². The molecule has 0 spiro atoms. The lowest BCUT2D eigenvalue weighted by molar-refractivity contribution is -0.117. The Bertz CT molecular complexity index is 897. The van der Waals surface area contributed by atoms with E-state index in [1.807, 2.05) is 4.90 Å². The summed E-state index contributed by atoms with van der Waals surface area (Å²) in [5, 5.41) is 5.66. The summed E-state index contributed by atoms with van der Waals surface area (Å²) >= 11 is 0. The van der Waals surface area contributed by atoms with Crippen molar-refractivity contribution >= 4 is 23.2 Å². The van der Waals surface area contributed by atoms with Crippen LogP contribution in [-0.2, 0) is 14.3 Å². The fourth-order valence-corrected chi connectivity index (χ4v) is 3.07. The van der Waals surface area contributed by atoms with Crippen LogP contribution in [0.1, 0.15) is 10.4 Å². The molecule has 2 aromatic rings. The number of para-hydroxylation sites is 1. The summed E-state index contributed by atoms with van der Waals surface area (Å²) in [4.78, 5) is 27.4. The van der Waals surface area contributed by atoms with Gasteiger partial charge in [-0.25, -0.2) is 0 Å². The normalized spacial score (nSPS) is 12.1. The molecule has 0 atom stereocenters. The molecule has 0 bridgehead atoms. The molecule has 0 radical (unpaired) electrons. The average molecular weight is 429 g/mol. The van der Waals surface area contributed by atoms with Crippen molar-refractivity contribution < 1.29 is 28.5 Å². The van der Waals surface area contributed by atoms with Gasteiger partial charge in [-0.15, -0.1) is 0 Å². The minimum Gasteiger partial charge on any atom is -0.454 e. The number of hydrogen-bond acceptors (Lipinski definition) is 7. The third-order valence-electron chi connectivity index (χ3n) is 4.67. The van der Waals surface area contributed by atoms with E-state index in [0.717, 1.165) is 0 Å². The first kappa shape index (κ1) is 22.5. The number of nitrogens with zero attached hydrogens (tertiary/aromatic N) is 1. The first-order chi connectivity index (χ1) is 15.1. The summed E-state index contributed by atoms with van der Waals surface area (Å²) in [6.07, 6.45) is 0. The third kappa shape index (κ3) is 6.42. The highest BCUT2D eigenvalue weighted by atomic mass is 16.7. The van der Waals surface area contributed by atoms with Crippen molar-refractivity contribution in [3.8, 4) is 11.5 Å². The van der Waals surface area contributed by atoms with Gasteiger partial charge in [0.25, 0.3) is 5.91 Å². The van der Waals surface area contributed by atoms with Crippen LogP contribution in [0.3, 0.4) is 0 Å². The highest BCUT2D eigenvalue weighted by Crippen LogP contribution is 2.34. The number of hydrogen-bond donors (Lipinski definition) is 2. The summed E-state index contributed by atoms with van der Waals surface area (Å²) < 4.78 is 20.8. The predicted octanol–water partition coefficient (Wildman–Crippen LogP) is 2.20. The Morgan fingerprint density at radius 1 is 0.968 bits per heavy atom. The van der Waals surface area contributed by atoms with Crippen molar-refractivity contribution in [2.24, 2.45) is 0 Å². The van der Waals surface area contributed by atoms with E-state index in [4.69, 9.17) is 18.9 Å². The molecule has 0 saturated heterocycles. The maximum atomic E-state index is 12.8. The van der Waals surface area contributed by atoms with E-state index in [1.54, 1.807) is 56.7 Å².